The maximum Gasteiger partial charge on any atom is 0.419 e. The minimum atomic E-state index is -4.75. The largest absolute Gasteiger partial charge is 0.419 e. The van der Waals surface area contributed by atoms with Crippen LogP contribution < -0.4 is 0 Å². The Bertz CT molecular complexity index is 505. The van der Waals surface area contributed by atoms with Gasteiger partial charge >= 0.3 is 6.18 Å². The number of hydrogen-bond acceptors (Lipinski definition) is 1. The Kier molecular flexibility index (Phi) is 4.48. The van der Waals surface area contributed by atoms with Gasteiger partial charge in [0, 0.05) is 5.56 Å². The Morgan fingerprint density at radius 3 is 2.55 bits per heavy atom. The molecule has 0 saturated carbocycles. The van der Waals surface area contributed by atoms with Crippen LogP contribution in [0.2, 0.25) is 0 Å². The van der Waals surface area contributed by atoms with Gasteiger partial charge in [-0.25, -0.2) is 4.39 Å². The molecule has 0 saturated heterocycles. The minimum absolute atomic E-state index is 0.298. The molecular formula is C15H16F4O. The van der Waals surface area contributed by atoms with E-state index in [1.807, 2.05) is 6.08 Å². The van der Waals surface area contributed by atoms with Gasteiger partial charge in [0.25, 0.3) is 0 Å². The van der Waals surface area contributed by atoms with E-state index in [4.69, 9.17) is 0 Å². The van der Waals surface area contributed by atoms with Crippen LogP contribution in [0.15, 0.2) is 29.8 Å². The van der Waals surface area contributed by atoms with Gasteiger partial charge in [0.2, 0.25) is 0 Å². The predicted octanol–water partition coefficient (Wildman–Crippen LogP) is 4.77. The highest BCUT2D eigenvalue weighted by Crippen LogP contribution is 2.36. The summed E-state index contributed by atoms with van der Waals surface area (Å²) in [4.78, 5) is 0. The summed E-state index contributed by atoms with van der Waals surface area (Å²) in [6, 6.07) is 3.02. The van der Waals surface area contributed by atoms with Crippen molar-refractivity contribution >= 4 is 0 Å². The maximum absolute atomic E-state index is 14.0. The summed E-state index contributed by atoms with van der Waals surface area (Å²) in [5.41, 5.74) is -1.02. The van der Waals surface area contributed by atoms with Crippen molar-refractivity contribution in [1.82, 2.24) is 0 Å². The van der Waals surface area contributed by atoms with Gasteiger partial charge in [-0.1, -0.05) is 24.6 Å². The fourth-order valence-electron chi connectivity index (χ4n) is 2.47. The lowest BCUT2D eigenvalue weighted by molar-refractivity contribution is -0.140. The molecule has 1 unspecified atom stereocenters. The molecule has 1 nitrogen and oxygen atoms in total. The van der Waals surface area contributed by atoms with E-state index in [9.17, 15) is 22.7 Å². The number of alkyl halides is 3. The van der Waals surface area contributed by atoms with Gasteiger partial charge in [-0.2, -0.15) is 13.2 Å². The van der Waals surface area contributed by atoms with E-state index < -0.39 is 23.7 Å². The number of aliphatic hydroxyl groups is 1. The van der Waals surface area contributed by atoms with E-state index in [2.05, 4.69) is 0 Å². The quantitative estimate of drug-likeness (QED) is 0.614. The molecule has 1 aliphatic carbocycles. The maximum atomic E-state index is 14.0. The Labute approximate surface area is 114 Å². The smallest absolute Gasteiger partial charge is 0.384 e. The monoisotopic (exact) mass is 288 g/mol. The number of hydrogen-bond donors (Lipinski definition) is 1. The SMILES string of the molecule is OC(C1=CCCCCC1)c1cccc(C(F)(F)F)c1F. The summed E-state index contributed by atoms with van der Waals surface area (Å²) < 4.78 is 52.0. The zero-order valence-electron chi connectivity index (χ0n) is 10.9. The highest BCUT2D eigenvalue weighted by Gasteiger charge is 2.35. The van der Waals surface area contributed by atoms with Gasteiger partial charge in [-0.05, 0) is 37.3 Å². The molecule has 110 valence electrons. The second-order valence-corrected chi connectivity index (χ2v) is 4.99. The molecule has 1 aliphatic rings. The Balaban J connectivity index is 2.35. The molecule has 0 amide bonds. The van der Waals surface area contributed by atoms with Crippen LogP contribution in [0.4, 0.5) is 17.6 Å². The lowest BCUT2D eigenvalue weighted by atomic mass is 9.96. The van der Waals surface area contributed by atoms with Crippen molar-refractivity contribution < 1.29 is 22.7 Å². The summed E-state index contributed by atoms with van der Waals surface area (Å²) in [6.07, 6.45) is -0.00287. The highest BCUT2D eigenvalue weighted by molar-refractivity contribution is 5.33. The van der Waals surface area contributed by atoms with Crippen LogP contribution >= 0.6 is 0 Å². The molecular weight excluding hydrogens is 272 g/mol. The van der Waals surface area contributed by atoms with Crippen molar-refractivity contribution in [1.29, 1.82) is 0 Å². The molecule has 2 rings (SSSR count). The lowest BCUT2D eigenvalue weighted by Crippen LogP contribution is -2.12. The lowest BCUT2D eigenvalue weighted by Gasteiger charge is -2.18. The van der Waals surface area contributed by atoms with Crippen LogP contribution in [0, 0.1) is 5.82 Å². The first-order chi connectivity index (χ1) is 9.41. The Hall–Kier alpha value is -1.36. The van der Waals surface area contributed by atoms with Crippen LogP contribution in [-0.4, -0.2) is 5.11 Å². The normalized spacial score (nSPS) is 18.4. The third-order valence-corrected chi connectivity index (χ3v) is 3.56. The van der Waals surface area contributed by atoms with Gasteiger partial charge in [-0.3, -0.25) is 0 Å². The number of halogens is 4. The summed E-state index contributed by atoms with van der Waals surface area (Å²) in [7, 11) is 0. The van der Waals surface area contributed by atoms with Crippen molar-refractivity contribution in [3.63, 3.8) is 0 Å². The molecule has 1 N–H and O–H groups in total. The van der Waals surface area contributed by atoms with Crippen LogP contribution in [0.5, 0.6) is 0 Å². The average molecular weight is 288 g/mol. The summed E-state index contributed by atoms with van der Waals surface area (Å²) in [6.45, 7) is 0. The van der Waals surface area contributed by atoms with E-state index in [1.54, 1.807) is 0 Å². The molecule has 0 aromatic heterocycles. The second-order valence-electron chi connectivity index (χ2n) is 4.99. The zero-order chi connectivity index (χ0) is 14.8. The van der Waals surface area contributed by atoms with Gasteiger partial charge in [-0.15, -0.1) is 0 Å². The predicted molar refractivity (Wildman–Crippen MR) is 67.5 cm³/mol. The van der Waals surface area contributed by atoms with Crippen molar-refractivity contribution in [2.75, 3.05) is 0 Å². The number of allylic oxidation sites excluding steroid dienone is 1. The highest BCUT2D eigenvalue weighted by atomic mass is 19.4. The number of rotatable bonds is 2. The van der Waals surface area contributed by atoms with E-state index in [1.165, 1.54) is 6.07 Å². The van der Waals surface area contributed by atoms with Crippen LogP contribution in [0.3, 0.4) is 0 Å². The van der Waals surface area contributed by atoms with E-state index in [-0.39, 0.29) is 5.56 Å². The number of aliphatic hydroxyl groups excluding tert-OH is 1. The first kappa shape index (κ1) is 15.0. The van der Waals surface area contributed by atoms with Crippen LogP contribution in [0.1, 0.15) is 49.3 Å². The molecule has 0 heterocycles. The van der Waals surface area contributed by atoms with Gasteiger partial charge < -0.3 is 5.11 Å². The molecule has 5 heteroatoms. The van der Waals surface area contributed by atoms with Crippen molar-refractivity contribution in [2.24, 2.45) is 0 Å². The summed E-state index contributed by atoms with van der Waals surface area (Å²) >= 11 is 0. The topological polar surface area (TPSA) is 20.2 Å². The Morgan fingerprint density at radius 1 is 1.10 bits per heavy atom. The Morgan fingerprint density at radius 2 is 1.85 bits per heavy atom. The third-order valence-electron chi connectivity index (χ3n) is 3.56. The molecule has 0 aliphatic heterocycles. The van der Waals surface area contributed by atoms with Crippen LogP contribution in [0.25, 0.3) is 0 Å². The van der Waals surface area contributed by atoms with E-state index in [0.717, 1.165) is 31.7 Å². The molecule has 0 radical (unpaired) electrons. The van der Waals surface area contributed by atoms with Gasteiger partial charge in [0.15, 0.2) is 0 Å². The standard InChI is InChI=1S/C15H16F4O/c16-13-11(8-5-9-12(13)15(17,18)19)14(20)10-6-3-1-2-4-7-10/h5-6,8-9,14,20H,1-4,7H2. The van der Waals surface area contributed by atoms with Crippen molar-refractivity contribution in [3.05, 3.63) is 46.8 Å². The number of benzene rings is 1. The van der Waals surface area contributed by atoms with Crippen LogP contribution in [-0.2, 0) is 6.18 Å². The first-order valence-corrected chi connectivity index (χ1v) is 6.64. The fraction of sp³-hybridized carbons (Fsp3) is 0.467. The minimum Gasteiger partial charge on any atom is -0.384 e. The molecule has 0 spiro atoms. The summed E-state index contributed by atoms with van der Waals surface area (Å²) in [5.74, 6) is -1.38. The van der Waals surface area contributed by atoms with Crippen molar-refractivity contribution in [3.8, 4) is 0 Å². The molecule has 1 atom stereocenters. The molecule has 20 heavy (non-hydrogen) atoms. The molecule has 1 aromatic rings. The van der Waals surface area contributed by atoms with Gasteiger partial charge in [0.1, 0.15) is 11.9 Å². The average Bonchev–Trinajstić information content (AvgIpc) is 2.65. The second kappa shape index (κ2) is 5.95. The zero-order valence-corrected chi connectivity index (χ0v) is 10.9. The molecule has 0 fully saturated rings. The summed E-state index contributed by atoms with van der Waals surface area (Å²) in [5, 5.41) is 10.2. The van der Waals surface area contributed by atoms with Crippen molar-refractivity contribution in [2.45, 2.75) is 44.4 Å². The van der Waals surface area contributed by atoms with E-state index in [0.29, 0.717) is 18.1 Å². The molecule has 0 bridgehead atoms. The fourth-order valence-corrected chi connectivity index (χ4v) is 2.47. The van der Waals surface area contributed by atoms with Gasteiger partial charge in [0.05, 0.1) is 5.56 Å². The first-order valence-electron chi connectivity index (χ1n) is 6.64. The third kappa shape index (κ3) is 3.20. The molecule has 1 aromatic carbocycles. The van der Waals surface area contributed by atoms with E-state index >= 15 is 0 Å².